The first-order valence-electron chi connectivity index (χ1n) is 8.01. The lowest BCUT2D eigenvalue weighted by Crippen LogP contribution is -2.16. The smallest absolute Gasteiger partial charge is 0.0948 e. The normalized spacial score (nSPS) is 19.4. The first kappa shape index (κ1) is 14.6. The van der Waals surface area contributed by atoms with Crippen LogP contribution in [0.15, 0.2) is 12.5 Å². The van der Waals surface area contributed by atoms with Crippen LogP contribution in [0.5, 0.6) is 0 Å². The maximum atomic E-state index is 4.33. The van der Waals surface area contributed by atoms with Gasteiger partial charge in [-0.05, 0) is 31.7 Å². The van der Waals surface area contributed by atoms with E-state index in [0.29, 0.717) is 6.04 Å². The zero-order valence-corrected chi connectivity index (χ0v) is 12.6. The zero-order valence-electron chi connectivity index (χ0n) is 12.6. The minimum atomic E-state index is 0.545. The van der Waals surface area contributed by atoms with Gasteiger partial charge in [-0.1, -0.05) is 39.5 Å². The second-order valence-electron chi connectivity index (χ2n) is 6.26. The summed E-state index contributed by atoms with van der Waals surface area (Å²) < 4.78 is 2.35. The fraction of sp³-hybridized carbons (Fsp3) is 0.812. The van der Waals surface area contributed by atoms with Crippen LogP contribution in [0, 0.1) is 5.92 Å². The van der Waals surface area contributed by atoms with Gasteiger partial charge in [-0.15, -0.1) is 0 Å². The van der Waals surface area contributed by atoms with Gasteiger partial charge < -0.3 is 9.88 Å². The van der Waals surface area contributed by atoms with Crippen molar-refractivity contribution in [1.29, 1.82) is 0 Å². The molecule has 108 valence electrons. The van der Waals surface area contributed by atoms with Gasteiger partial charge in [0, 0.05) is 18.8 Å². The molecule has 0 aromatic carbocycles. The van der Waals surface area contributed by atoms with Crippen LogP contribution in [0.3, 0.4) is 0 Å². The third-order valence-corrected chi connectivity index (χ3v) is 4.09. The van der Waals surface area contributed by atoms with E-state index in [0.717, 1.165) is 19.0 Å². The molecule has 1 saturated heterocycles. The van der Waals surface area contributed by atoms with Crippen molar-refractivity contribution in [3.63, 3.8) is 0 Å². The lowest BCUT2D eigenvalue weighted by molar-refractivity contribution is 0.494. The fourth-order valence-corrected chi connectivity index (χ4v) is 2.93. The molecule has 1 N–H and O–H groups in total. The molecule has 1 atom stereocenters. The van der Waals surface area contributed by atoms with Gasteiger partial charge in [-0.3, -0.25) is 0 Å². The number of unbranched alkanes of at least 4 members (excludes halogenated alkanes) is 3. The molecule has 2 rings (SSSR count). The Kier molecular flexibility index (Phi) is 5.90. The van der Waals surface area contributed by atoms with Crippen LogP contribution in [-0.4, -0.2) is 16.1 Å². The van der Waals surface area contributed by atoms with Crippen molar-refractivity contribution in [2.75, 3.05) is 6.54 Å². The first-order chi connectivity index (χ1) is 9.27. The van der Waals surface area contributed by atoms with E-state index in [4.69, 9.17) is 0 Å². The Morgan fingerprint density at radius 2 is 2.16 bits per heavy atom. The van der Waals surface area contributed by atoms with E-state index in [2.05, 4.69) is 28.7 Å². The summed E-state index contributed by atoms with van der Waals surface area (Å²) in [5.41, 5.74) is 1.39. The molecular formula is C16H29N3. The second kappa shape index (κ2) is 7.68. The van der Waals surface area contributed by atoms with Crippen LogP contribution in [0.4, 0.5) is 0 Å². The van der Waals surface area contributed by atoms with Crippen LogP contribution in [0.1, 0.15) is 70.5 Å². The fourth-order valence-electron chi connectivity index (χ4n) is 2.93. The largest absolute Gasteiger partial charge is 0.333 e. The van der Waals surface area contributed by atoms with Gasteiger partial charge in [0.05, 0.1) is 12.0 Å². The van der Waals surface area contributed by atoms with Crippen molar-refractivity contribution in [3.8, 4) is 0 Å². The molecule has 2 heterocycles. The molecule has 3 heteroatoms. The van der Waals surface area contributed by atoms with Crippen LogP contribution >= 0.6 is 0 Å². The molecule has 0 radical (unpaired) electrons. The van der Waals surface area contributed by atoms with E-state index >= 15 is 0 Å². The van der Waals surface area contributed by atoms with Crippen molar-refractivity contribution >= 4 is 0 Å². The van der Waals surface area contributed by atoms with E-state index in [1.807, 2.05) is 12.5 Å². The lowest BCUT2D eigenvalue weighted by Gasteiger charge is -2.13. The van der Waals surface area contributed by atoms with Crippen molar-refractivity contribution < 1.29 is 0 Å². The monoisotopic (exact) mass is 263 g/mol. The van der Waals surface area contributed by atoms with Gasteiger partial charge in [0.2, 0.25) is 0 Å². The highest BCUT2D eigenvalue weighted by molar-refractivity contribution is 5.07. The molecule has 1 aromatic heterocycles. The minimum Gasteiger partial charge on any atom is -0.333 e. The van der Waals surface area contributed by atoms with Crippen molar-refractivity contribution in [3.05, 3.63) is 18.2 Å². The van der Waals surface area contributed by atoms with E-state index in [9.17, 15) is 0 Å². The number of nitrogens with zero attached hydrogens (tertiary/aromatic N) is 2. The Bertz CT molecular complexity index is 351. The quantitative estimate of drug-likeness (QED) is 0.721. The Morgan fingerprint density at radius 1 is 1.32 bits per heavy atom. The molecule has 1 aromatic rings. The van der Waals surface area contributed by atoms with E-state index in [-0.39, 0.29) is 0 Å². The topological polar surface area (TPSA) is 29.9 Å². The molecule has 1 aliphatic heterocycles. The summed E-state index contributed by atoms with van der Waals surface area (Å²) in [5.74, 6) is 0.855. The molecule has 3 nitrogen and oxygen atoms in total. The predicted molar refractivity (Wildman–Crippen MR) is 80.1 cm³/mol. The van der Waals surface area contributed by atoms with Crippen LogP contribution in [0.25, 0.3) is 0 Å². The molecule has 0 bridgehead atoms. The molecule has 0 amide bonds. The van der Waals surface area contributed by atoms with Crippen LogP contribution < -0.4 is 5.32 Å². The number of nitrogens with one attached hydrogen (secondary N) is 1. The third kappa shape index (κ3) is 4.64. The predicted octanol–water partition coefficient (Wildman–Crippen LogP) is 3.91. The SMILES string of the molecule is CC(C)CCCCCCn1cncc1[C@@H]1CCCN1. The van der Waals surface area contributed by atoms with E-state index < -0.39 is 0 Å². The third-order valence-electron chi connectivity index (χ3n) is 4.09. The molecule has 1 fully saturated rings. The van der Waals surface area contributed by atoms with Gasteiger partial charge in [-0.2, -0.15) is 0 Å². The number of aryl methyl sites for hydroxylation is 1. The standard InChI is InChI=1S/C16H29N3/c1-14(2)8-5-3-4-6-11-19-13-17-12-16(19)15-9-7-10-18-15/h12-15,18H,3-11H2,1-2H3/t15-/m0/s1. The number of hydrogen-bond donors (Lipinski definition) is 1. The van der Waals surface area contributed by atoms with E-state index in [1.54, 1.807) is 0 Å². The van der Waals surface area contributed by atoms with Crippen LogP contribution in [-0.2, 0) is 6.54 Å². The second-order valence-corrected chi connectivity index (χ2v) is 6.26. The van der Waals surface area contributed by atoms with Gasteiger partial charge in [0.25, 0.3) is 0 Å². The van der Waals surface area contributed by atoms with Crippen molar-refractivity contribution in [1.82, 2.24) is 14.9 Å². The summed E-state index contributed by atoms with van der Waals surface area (Å²) >= 11 is 0. The Balaban J connectivity index is 1.67. The molecule has 1 aliphatic rings. The number of imidazole rings is 1. The molecule has 0 spiro atoms. The number of rotatable bonds is 8. The molecule has 19 heavy (non-hydrogen) atoms. The maximum absolute atomic E-state index is 4.33. The minimum absolute atomic E-state index is 0.545. The van der Waals surface area contributed by atoms with Gasteiger partial charge in [-0.25, -0.2) is 4.98 Å². The summed E-state index contributed by atoms with van der Waals surface area (Å²) in [6.45, 7) is 6.92. The van der Waals surface area contributed by atoms with Gasteiger partial charge in [0.1, 0.15) is 0 Å². The number of hydrogen-bond acceptors (Lipinski definition) is 2. The Hall–Kier alpha value is -0.830. The highest BCUT2D eigenvalue weighted by Crippen LogP contribution is 2.23. The van der Waals surface area contributed by atoms with Gasteiger partial charge >= 0.3 is 0 Å². The summed E-state index contributed by atoms with van der Waals surface area (Å²) in [4.78, 5) is 4.33. The average Bonchev–Trinajstić information content (AvgIpc) is 3.03. The van der Waals surface area contributed by atoms with Crippen molar-refractivity contribution in [2.45, 2.75) is 71.4 Å². The summed E-state index contributed by atoms with van der Waals surface area (Å²) in [6, 6.07) is 0.545. The average molecular weight is 263 g/mol. The highest BCUT2D eigenvalue weighted by Gasteiger charge is 2.19. The first-order valence-corrected chi connectivity index (χ1v) is 8.01. The summed E-state index contributed by atoms with van der Waals surface area (Å²) in [6.07, 6.45) is 13.4. The molecular weight excluding hydrogens is 234 g/mol. The van der Waals surface area contributed by atoms with Crippen molar-refractivity contribution in [2.24, 2.45) is 5.92 Å². The lowest BCUT2D eigenvalue weighted by atomic mass is 10.0. The molecule has 0 saturated carbocycles. The van der Waals surface area contributed by atoms with Gasteiger partial charge in [0.15, 0.2) is 0 Å². The molecule has 0 aliphatic carbocycles. The summed E-state index contributed by atoms with van der Waals surface area (Å²) in [5, 5.41) is 3.56. The molecule has 0 unspecified atom stereocenters. The Labute approximate surface area is 117 Å². The number of aromatic nitrogens is 2. The van der Waals surface area contributed by atoms with Crippen LogP contribution in [0.2, 0.25) is 0 Å². The zero-order chi connectivity index (χ0) is 13.5. The maximum Gasteiger partial charge on any atom is 0.0948 e. The highest BCUT2D eigenvalue weighted by atomic mass is 15.1. The van der Waals surface area contributed by atoms with E-state index in [1.165, 1.54) is 50.6 Å². The Morgan fingerprint density at radius 3 is 2.89 bits per heavy atom. The summed E-state index contributed by atoms with van der Waals surface area (Å²) in [7, 11) is 0.